The maximum absolute atomic E-state index is 13.5. The molecule has 3 aromatic carbocycles. The van der Waals surface area contributed by atoms with Gasteiger partial charge in [-0.15, -0.1) is 0 Å². The van der Waals surface area contributed by atoms with Gasteiger partial charge < -0.3 is 15.5 Å². The van der Waals surface area contributed by atoms with Gasteiger partial charge in [0.15, 0.2) is 0 Å². The van der Waals surface area contributed by atoms with Gasteiger partial charge in [0, 0.05) is 36.1 Å². The molecule has 1 saturated carbocycles. The molecule has 1 aliphatic carbocycles. The van der Waals surface area contributed by atoms with Gasteiger partial charge in [-0.3, -0.25) is 9.59 Å². The lowest BCUT2D eigenvalue weighted by Crippen LogP contribution is -2.38. The number of hydrogen-bond donors (Lipinski definition) is 2. The van der Waals surface area contributed by atoms with Crippen LogP contribution in [0.5, 0.6) is 0 Å². The molecule has 6 heteroatoms. The molecule has 0 atom stereocenters. The highest BCUT2D eigenvalue weighted by molar-refractivity contribution is 6.06. The molecule has 3 aromatic rings. The Kier molecular flexibility index (Phi) is 6.80. The molecule has 0 spiro atoms. The Morgan fingerprint density at radius 3 is 2.37 bits per heavy atom. The molecule has 5 nitrogen and oxygen atoms in total. The summed E-state index contributed by atoms with van der Waals surface area (Å²) in [6.45, 7) is 1.56. The minimum Gasteiger partial charge on any atom is -0.366 e. The summed E-state index contributed by atoms with van der Waals surface area (Å²) in [5.41, 5.74) is 4.94. The van der Waals surface area contributed by atoms with Crippen molar-refractivity contribution in [1.82, 2.24) is 5.32 Å². The van der Waals surface area contributed by atoms with Gasteiger partial charge in [0.2, 0.25) is 0 Å². The second-order valence-corrected chi connectivity index (χ2v) is 9.44. The lowest BCUT2D eigenvalue weighted by Gasteiger charge is -2.32. The van der Waals surface area contributed by atoms with Crippen molar-refractivity contribution in [2.45, 2.75) is 51.1 Å². The Morgan fingerprint density at radius 1 is 0.857 bits per heavy atom. The fourth-order valence-corrected chi connectivity index (χ4v) is 5.09. The summed E-state index contributed by atoms with van der Waals surface area (Å²) in [4.78, 5) is 28.4. The van der Waals surface area contributed by atoms with E-state index in [-0.39, 0.29) is 17.9 Å². The summed E-state index contributed by atoms with van der Waals surface area (Å²) < 4.78 is 13.2. The minimum absolute atomic E-state index is 0.108. The van der Waals surface area contributed by atoms with E-state index in [2.05, 4.69) is 33.7 Å². The number of carbonyl (C=O) groups excluding carboxylic acids is 2. The van der Waals surface area contributed by atoms with Crippen molar-refractivity contribution in [3.8, 4) is 0 Å². The molecule has 0 aromatic heterocycles. The Morgan fingerprint density at radius 2 is 1.60 bits per heavy atom. The molecule has 0 unspecified atom stereocenters. The average molecular weight is 472 g/mol. The van der Waals surface area contributed by atoms with Gasteiger partial charge >= 0.3 is 0 Å². The third-order valence-corrected chi connectivity index (χ3v) is 7.02. The smallest absolute Gasteiger partial charge is 0.255 e. The lowest BCUT2D eigenvalue weighted by atomic mass is 9.95. The highest BCUT2D eigenvalue weighted by Crippen LogP contribution is 2.30. The first-order valence-corrected chi connectivity index (χ1v) is 12.4. The van der Waals surface area contributed by atoms with E-state index in [1.54, 1.807) is 6.07 Å². The average Bonchev–Trinajstić information content (AvgIpc) is 2.89. The topological polar surface area (TPSA) is 61.4 Å². The van der Waals surface area contributed by atoms with Crippen molar-refractivity contribution in [2.24, 2.45) is 0 Å². The molecular formula is C29H30FN3O2. The van der Waals surface area contributed by atoms with E-state index in [9.17, 15) is 14.0 Å². The van der Waals surface area contributed by atoms with Crippen molar-refractivity contribution in [2.75, 3.05) is 16.8 Å². The third kappa shape index (κ3) is 5.37. The van der Waals surface area contributed by atoms with Crippen LogP contribution in [0, 0.1) is 5.82 Å². The Bertz CT molecular complexity index is 1220. The van der Waals surface area contributed by atoms with Gasteiger partial charge in [-0.1, -0.05) is 43.5 Å². The number of amides is 2. The zero-order chi connectivity index (χ0) is 24.2. The van der Waals surface area contributed by atoms with Crippen molar-refractivity contribution in [3.05, 3.63) is 94.8 Å². The zero-order valence-corrected chi connectivity index (χ0v) is 19.7. The number of rotatable bonds is 5. The first-order valence-electron chi connectivity index (χ1n) is 12.4. The summed E-state index contributed by atoms with van der Waals surface area (Å²) in [6.07, 6.45) is 6.40. The number of hydrogen-bond acceptors (Lipinski definition) is 3. The quantitative estimate of drug-likeness (QED) is 0.502. The highest BCUT2D eigenvalue weighted by atomic mass is 19.1. The number of halogens is 1. The molecule has 0 radical (unpaired) electrons. The van der Waals surface area contributed by atoms with Crippen LogP contribution < -0.4 is 15.5 Å². The fraction of sp³-hybridized carbons (Fsp3) is 0.310. The van der Waals surface area contributed by atoms with Crippen LogP contribution in [0.25, 0.3) is 0 Å². The summed E-state index contributed by atoms with van der Waals surface area (Å²) in [5, 5.41) is 6.09. The molecule has 2 aliphatic rings. The summed E-state index contributed by atoms with van der Waals surface area (Å²) in [6, 6.07) is 19.5. The lowest BCUT2D eigenvalue weighted by molar-refractivity contribution is 0.0927. The van der Waals surface area contributed by atoms with Gasteiger partial charge in [-0.2, -0.15) is 0 Å². The number of benzene rings is 3. The Labute approximate surface area is 205 Å². The number of fused-ring (bicyclic) bond motifs is 1. The van der Waals surface area contributed by atoms with E-state index >= 15 is 0 Å². The van der Waals surface area contributed by atoms with Crippen LogP contribution in [0.2, 0.25) is 0 Å². The zero-order valence-electron chi connectivity index (χ0n) is 19.7. The van der Waals surface area contributed by atoms with Crippen molar-refractivity contribution < 1.29 is 14.0 Å². The third-order valence-electron chi connectivity index (χ3n) is 7.02. The molecule has 0 bridgehead atoms. The molecule has 2 N–H and O–H groups in total. The predicted molar refractivity (Wildman–Crippen MR) is 136 cm³/mol. The summed E-state index contributed by atoms with van der Waals surface area (Å²) >= 11 is 0. The molecule has 0 saturated heterocycles. The number of anilines is 2. The van der Waals surface area contributed by atoms with E-state index in [4.69, 9.17) is 0 Å². The molecule has 180 valence electrons. The Balaban J connectivity index is 1.42. The Hall–Kier alpha value is -3.67. The first kappa shape index (κ1) is 23.1. The minimum atomic E-state index is -0.393. The first-order chi connectivity index (χ1) is 17.1. The summed E-state index contributed by atoms with van der Waals surface area (Å²) in [7, 11) is 0. The van der Waals surface area contributed by atoms with Crippen molar-refractivity contribution in [1.29, 1.82) is 0 Å². The van der Waals surface area contributed by atoms with Gasteiger partial charge in [-0.25, -0.2) is 4.39 Å². The molecule has 1 fully saturated rings. The fourth-order valence-electron chi connectivity index (χ4n) is 5.09. The van der Waals surface area contributed by atoms with Crippen LogP contribution in [-0.4, -0.2) is 24.4 Å². The normalized spacial score (nSPS) is 15.9. The molecule has 1 heterocycles. The maximum atomic E-state index is 13.5. The van der Waals surface area contributed by atoms with Crippen LogP contribution in [0.15, 0.2) is 66.7 Å². The van der Waals surface area contributed by atoms with Crippen molar-refractivity contribution >= 4 is 23.2 Å². The number of nitrogens with zero attached hydrogens (tertiary/aromatic N) is 1. The molecule has 5 rings (SSSR count). The van der Waals surface area contributed by atoms with Gasteiger partial charge in [0.05, 0.1) is 5.56 Å². The molecular weight excluding hydrogens is 441 g/mol. The van der Waals surface area contributed by atoms with Crippen LogP contribution in [0.4, 0.5) is 15.8 Å². The standard InChI is InChI=1S/C29H30FN3O2/c30-23-12-10-21(11-13-23)28(34)32-25-14-15-27(33-17-16-20-6-4-5-7-22(20)19-33)26(18-25)29(35)31-24-8-2-1-3-9-24/h4-7,10-15,18,24H,1-3,8-9,16-17,19H2,(H,31,35)(H,32,34). The van der Waals surface area contributed by atoms with Gasteiger partial charge in [-0.05, 0) is 72.9 Å². The SMILES string of the molecule is O=C(Nc1ccc(N2CCc3ccccc3C2)c(C(=O)NC2CCCCC2)c1)c1ccc(F)cc1. The van der Waals surface area contributed by atoms with Crippen LogP contribution >= 0.6 is 0 Å². The van der Waals surface area contributed by atoms with E-state index in [0.29, 0.717) is 16.8 Å². The van der Waals surface area contributed by atoms with Gasteiger partial charge in [0.25, 0.3) is 11.8 Å². The van der Waals surface area contributed by atoms with E-state index in [1.807, 2.05) is 18.2 Å². The summed E-state index contributed by atoms with van der Waals surface area (Å²) in [5.74, 6) is -0.845. The van der Waals surface area contributed by atoms with Gasteiger partial charge in [0.1, 0.15) is 5.82 Å². The van der Waals surface area contributed by atoms with Crippen molar-refractivity contribution in [3.63, 3.8) is 0 Å². The van der Waals surface area contributed by atoms with Crippen LogP contribution in [-0.2, 0) is 13.0 Å². The second-order valence-electron chi connectivity index (χ2n) is 9.44. The highest BCUT2D eigenvalue weighted by Gasteiger charge is 2.24. The predicted octanol–water partition coefficient (Wildman–Crippen LogP) is 5.70. The largest absolute Gasteiger partial charge is 0.366 e. The van der Waals surface area contributed by atoms with E-state index in [1.165, 1.54) is 41.8 Å². The molecule has 1 aliphatic heterocycles. The molecule has 35 heavy (non-hydrogen) atoms. The van der Waals surface area contributed by atoms with Crippen LogP contribution in [0.1, 0.15) is 63.9 Å². The molecule has 2 amide bonds. The van der Waals surface area contributed by atoms with Crippen LogP contribution in [0.3, 0.4) is 0 Å². The maximum Gasteiger partial charge on any atom is 0.255 e. The number of carbonyl (C=O) groups is 2. The van der Waals surface area contributed by atoms with E-state index < -0.39 is 5.82 Å². The monoisotopic (exact) mass is 471 g/mol. The second kappa shape index (κ2) is 10.3. The number of nitrogens with one attached hydrogen (secondary N) is 2. The van der Waals surface area contributed by atoms with E-state index in [0.717, 1.165) is 50.9 Å².